The molecule has 3 fully saturated rings. The maximum absolute atomic E-state index is 13.6. The molecular weight excluding hydrogens is 568 g/mol. The minimum atomic E-state index is -2.81. The highest BCUT2D eigenvalue weighted by molar-refractivity contribution is 6.03. The summed E-state index contributed by atoms with van der Waals surface area (Å²) < 4.78 is 41.0. The van der Waals surface area contributed by atoms with E-state index in [1.54, 1.807) is 17.0 Å². The zero-order chi connectivity index (χ0) is 34.3. The molecule has 44 heavy (non-hydrogen) atoms. The Morgan fingerprint density at radius 3 is 2.73 bits per heavy atom. The number of amides is 3. The number of rotatable bonds is 7. The number of aromatic nitrogens is 6. The molecule has 0 aromatic carbocycles. The van der Waals surface area contributed by atoms with E-state index in [4.69, 9.17) is 21.3 Å². The van der Waals surface area contributed by atoms with Gasteiger partial charge in [-0.1, -0.05) is 6.92 Å². The van der Waals surface area contributed by atoms with Gasteiger partial charge in [0.05, 0.1) is 31.1 Å². The van der Waals surface area contributed by atoms with E-state index < -0.39 is 42.3 Å². The number of fused-ring (bicyclic) bond motifs is 2. The summed E-state index contributed by atoms with van der Waals surface area (Å²) in [5, 5.41) is 10.9. The van der Waals surface area contributed by atoms with Crippen LogP contribution in [0.15, 0.2) is 29.2 Å². The van der Waals surface area contributed by atoms with Crippen molar-refractivity contribution >= 4 is 57.4 Å². The lowest BCUT2D eigenvalue weighted by atomic mass is 10.2. The second kappa shape index (κ2) is 10.1. The number of ether oxygens (including phenoxy) is 1. The highest BCUT2D eigenvalue weighted by Gasteiger charge is 2.60. The molecule has 1 aliphatic heterocycles. The van der Waals surface area contributed by atoms with Gasteiger partial charge in [-0.3, -0.25) is 23.6 Å². The maximum Gasteiger partial charge on any atom is 0.407 e. The van der Waals surface area contributed by atoms with Crippen LogP contribution in [0, 0.1) is 5.92 Å². The number of anilines is 3. The third-order valence-electron chi connectivity index (χ3n) is 9.02. The Hall–Kier alpha value is -4.95. The van der Waals surface area contributed by atoms with Gasteiger partial charge in [0.15, 0.2) is 11.5 Å². The van der Waals surface area contributed by atoms with Crippen molar-refractivity contribution in [3.05, 3.63) is 34.9 Å². The monoisotopic (exact) mass is 606 g/mol. The zero-order valence-electron chi connectivity index (χ0n) is 28.2. The van der Waals surface area contributed by atoms with Crippen LogP contribution < -0.4 is 27.0 Å². The number of primary amides is 1. The van der Waals surface area contributed by atoms with E-state index in [0.717, 1.165) is 0 Å². The molecule has 0 radical (unpaired) electrons. The summed E-state index contributed by atoms with van der Waals surface area (Å²) >= 11 is 0. The molecule has 4 aromatic heterocycles. The lowest BCUT2D eigenvalue weighted by Crippen LogP contribution is -2.37. The number of carbonyl (C=O) groups excluding carboxylic acids is 3. The van der Waals surface area contributed by atoms with E-state index in [1.165, 1.54) is 28.6 Å². The van der Waals surface area contributed by atoms with Gasteiger partial charge in [0.1, 0.15) is 17.2 Å². The van der Waals surface area contributed by atoms with Crippen LogP contribution in [0.5, 0.6) is 0 Å². The second-order valence-electron chi connectivity index (χ2n) is 11.6. The van der Waals surface area contributed by atoms with Crippen LogP contribution in [0.1, 0.15) is 57.0 Å². The van der Waals surface area contributed by atoms with E-state index in [2.05, 4.69) is 20.4 Å². The van der Waals surface area contributed by atoms with E-state index in [-0.39, 0.29) is 41.5 Å². The number of methoxy groups -OCH3 is 1. The molecule has 15 nitrogen and oxygen atoms in total. The predicted molar refractivity (Wildman–Crippen MR) is 161 cm³/mol. The lowest BCUT2D eigenvalue weighted by Gasteiger charge is -2.15. The minimum Gasteiger partial charge on any atom is -0.453 e. The Kier molecular flexibility index (Phi) is 5.37. The first kappa shape index (κ1) is 23.5. The summed E-state index contributed by atoms with van der Waals surface area (Å²) in [6.45, 7) is -0.424. The summed E-state index contributed by atoms with van der Waals surface area (Å²) in [7, 11) is 1.19. The van der Waals surface area contributed by atoms with Gasteiger partial charge < -0.3 is 21.1 Å². The molecule has 1 saturated heterocycles. The molecule has 7 rings (SSSR count). The number of nitrogens with zero attached hydrogens (tertiary/aromatic N) is 7. The molecular formula is C29H34N10O5. The van der Waals surface area contributed by atoms with Crippen molar-refractivity contribution in [2.24, 2.45) is 18.6 Å². The van der Waals surface area contributed by atoms with Crippen molar-refractivity contribution in [2.45, 2.75) is 63.0 Å². The number of imidazole rings is 1. The van der Waals surface area contributed by atoms with Gasteiger partial charge in [-0.15, -0.1) is 0 Å². The van der Waals surface area contributed by atoms with Crippen LogP contribution in [0.2, 0.25) is 0 Å². The van der Waals surface area contributed by atoms with E-state index >= 15 is 0 Å². The molecule has 230 valence electrons. The fourth-order valence-corrected chi connectivity index (χ4v) is 6.58. The summed E-state index contributed by atoms with van der Waals surface area (Å²) in [5.41, 5.74) is 4.67. The Morgan fingerprint density at radius 2 is 2.05 bits per heavy atom. The van der Waals surface area contributed by atoms with Crippen molar-refractivity contribution in [1.29, 1.82) is 0 Å². The number of aryl methyl sites for hydroxylation is 1. The third kappa shape index (κ3) is 4.20. The van der Waals surface area contributed by atoms with Crippen molar-refractivity contribution < 1.29 is 24.6 Å². The van der Waals surface area contributed by atoms with Crippen LogP contribution >= 0.6 is 0 Å². The second-order valence-corrected chi connectivity index (χ2v) is 11.6. The predicted octanol–water partition coefficient (Wildman–Crippen LogP) is 2.02. The molecule has 4 unspecified atom stereocenters. The van der Waals surface area contributed by atoms with Crippen LogP contribution in [0.3, 0.4) is 0 Å². The first-order valence-corrected chi connectivity index (χ1v) is 14.4. The smallest absolute Gasteiger partial charge is 0.407 e. The molecule has 0 spiro atoms. The molecule has 3 amide bonds. The van der Waals surface area contributed by atoms with Gasteiger partial charge >= 0.3 is 11.8 Å². The summed E-state index contributed by atoms with van der Waals surface area (Å²) in [4.78, 5) is 61.6. The molecule has 0 bridgehead atoms. The van der Waals surface area contributed by atoms with Crippen molar-refractivity contribution in [3.63, 3.8) is 0 Å². The van der Waals surface area contributed by atoms with E-state index in [1.807, 2.05) is 6.92 Å². The van der Waals surface area contributed by atoms with Crippen molar-refractivity contribution in [2.75, 3.05) is 23.9 Å². The first-order chi connectivity index (χ1) is 22.7. The quantitative estimate of drug-likeness (QED) is 0.283. The molecule has 4 atom stereocenters. The number of hydrogen-bond donors (Lipinski definition) is 3. The Bertz CT molecular complexity index is 2070. The molecule has 5 heterocycles. The normalized spacial score (nSPS) is 28.0. The SMILES string of the molecule is [2H]C1(NC(=O)OC)CCC(n2c(=O)n(C([2H])([2H])[2H])c3cnc(Nc4ccc5c(N6CCCC6=O)nn(C6(C(N)=O)CC6C)c5n4)cc32)C1. The van der Waals surface area contributed by atoms with Crippen molar-refractivity contribution in [1.82, 2.24) is 34.2 Å². The molecule has 2 saturated carbocycles. The van der Waals surface area contributed by atoms with Crippen LogP contribution in [0.4, 0.5) is 22.2 Å². The largest absolute Gasteiger partial charge is 0.453 e. The minimum absolute atomic E-state index is 0.0390. The van der Waals surface area contributed by atoms with Crippen molar-refractivity contribution in [3.8, 4) is 0 Å². The summed E-state index contributed by atoms with van der Waals surface area (Å²) in [6, 6.07) is 2.93. The van der Waals surface area contributed by atoms with Crippen LogP contribution in [0.25, 0.3) is 22.1 Å². The summed E-state index contributed by atoms with van der Waals surface area (Å²) in [6.07, 6.45) is 2.63. The number of nitrogens with two attached hydrogens (primary N) is 1. The Morgan fingerprint density at radius 1 is 1.23 bits per heavy atom. The maximum atomic E-state index is 13.6. The molecule has 4 N–H and O–H groups in total. The topological polar surface area (TPSA) is 184 Å². The molecule has 2 aliphatic carbocycles. The number of hydrogen-bond acceptors (Lipinski definition) is 9. The molecule has 3 aliphatic rings. The van der Waals surface area contributed by atoms with E-state index in [0.29, 0.717) is 59.5 Å². The molecule has 4 aromatic rings. The first-order valence-electron chi connectivity index (χ1n) is 16.4. The van der Waals surface area contributed by atoms with Gasteiger partial charge in [0.2, 0.25) is 11.8 Å². The van der Waals surface area contributed by atoms with Gasteiger partial charge in [-0.2, -0.15) is 5.10 Å². The highest BCUT2D eigenvalue weighted by atomic mass is 16.5. The fraction of sp³-hybridized carbons (Fsp3) is 0.483. The van der Waals surface area contributed by atoms with Crippen LogP contribution in [-0.2, 0) is 26.8 Å². The summed E-state index contributed by atoms with van der Waals surface area (Å²) in [5.74, 6) is 0.235. The van der Waals surface area contributed by atoms with Crippen LogP contribution in [-0.4, -0.2) is 66.5 Å². The fourth-order valence-electron chi connectivity index (χ4n) is 6.58. The van der Waals surface area contributed by atoms with Gasteiger partial charge in [-0.25, -0.2) is 24.2 Å². The Labute approximate surface area is 257 Å². The number of alkyl carbamates (subject to hydrolysis) is 1. The number of carbonyl (C=O) groups is 3. The average Bonchev–Trinajstić information content (AvgIpc) is 3.40. The molecule has 15 heteroatoms. The van der Waals surface area contributed by atoms with Gasteiger partial charge in [0.25, 0.3) is 0 Å². The standard InChI is InChI=1S/C29H34N10O5/c1-15-13-29(15,26(30)41)39-24-18(25(35-39)37-10-4-5-23(37)40)8-9-21(34-24)33-22-12-19-20(14-31-22)36(2)28(43)38(19)17-7-6-16(11-17)32-27(42)44-3/h8-9,12,14-17H,4-7,10-11,13H2,1-3H3,(H2,30,41)(H,32,42)(H,31,33,34)/i2D3,16D. The average molecular weight is 607 g/mol. The zero-order valence-corrected chi connectivity index (χ0v) is 24.2. The highest BCUT2D eigenvalue weighted by Crippen LogP contribution is 2.51. The van der Waals surface area contributed by atoms with Gasteiger partial charge in [-0.05, 0) is 50.2 Å². The number of nitrogens with one attached hydrogen (secondary N) is 2. The van der Waals surface area contributed by atoms with E-state index in [9.17, 15) is 19.2 Å². The number of pyridine rings is 2. The lowest BCUT2D eigenvalue weighted by molar-refractivity contribution is -0.123. The third-order valence-corrected chi connectivity index (χ3v) is 9.02. The Balaban J connectivity index is 1.30. The van der Waals surface area contributed by atoms with Gasteiger partial charge in [0, 0.05) is 42.2 Å².